The second-order valence-corrected chi connectivity index (χ2v) is 6.65. The Morgan fingerprint density at radius 3 is 2.36 bits per heavy atom. The highest BCUT2D eigenvalue weighted by Gasteiger charge is 2.20. The van der Waals surface area contributed by atoms with E-state index in [2.05, 4.69) is 44.1 Å². The lowest BCUT2D eigenvalue weighted by Gasteiger charge is -2.34. The number of aryl methyl sites for hydroxylation is 3. The van der Waals surface area contributed by atoms with Crippen molar-refractivity contribution in [1.29, 1.82) is 0 Å². The highest BCUT2D eigenvalue weighted by molar-refractivity contribution is 5.93. The summed E-state index contributed by atoms with van der Waals surface area (Å²) in [7, 11) is 0. The summed E-state index contributed by atoms with van der Waals surface area (Å²) in [5, 5.41) is 3.08. The maximum atomic E-state index is 12.4. The molecular weight excluding hydrogens is 314 g/mol. The summed E-state index contributed by atoms with van der Waals surface area (Å²) < 4.78 is 0. The van der Waals surface area contributed by atoms with Crippen LogP contribution < -0.4 is 10.2 Å². The summed E-state index contributed by atoms with van der Waals surface area (Å²) in [5.74, 6) is 0.945. The molecule has 1 aliphatic rings. The van der Waals surface area contributed by atoms with Gasteiger partial charge < -0.3 is 10.2 Å². The molecule has 0 unspecified atom stereocenters. The lowest BCUT2D eigenvalue weighted by Crippen LogP contribution is -2.49. The summed E-state index contributed by atoms with van der Waals surface area (Å²) in [6, 6.07) is 4.20. The quantitative estimate of drug-likeness (QED) is 0.925. The number of carbonyl (C=O) groups is 1. The van der Waals surface area contributed by atoms with Gasteiger partial charge in [0.05, 0.1) is 12.7 Å². The molecule has 6 heteroatoms. The fourth-order valence-corrected chi connectivity index (χ4v) is 3.35. The molecule has 3 rings (SSSR count). The number of amides is 1. The minimum Gasteiger partial charge on any atom is -0.353 e. The number of carbonyl (C=O) groups excluding carboxylic acids is 1. The smallest absolute Gasteiger partial charge is 0.238 e. The normalized spacial score (nSPS) is 15.2. The van der Waals surface area contributed by atoms with E-state index < -0.39 is 0 Å². The van der Waals surface area contributed by atoms with Crippen LogP contribution in [0.4, 0.5) is 11.5 Å². The molecule has 0 radical (unpaired) electrons. The van der Waals surface area contributed by atoms with Crippen LogP contribution in [0.25, 0.3) is 0 Å². The summed E-state index contributed by atoms with van der Waals surface area (Å²) in [6.07, 6.45) is 5.17. The van der Waals surface area contributed by atoms with Gasteiger partial charge in [0.15, 0.2) is 0 Å². The van der Waals surface area contributed by atoms with Crippen molar-refractivity contribution in [2.24, 2.45) is 0 Å². The Kier molecular flexibility index (Phi) is 5.28. The molecule has 132 valence electrons. The number of rotatable bonds is 4. The van der Waals surface area contributed by atoms with Crippen LogP contribution in [0.2, 0.25) is 0 Å². The maximum Gasteiger partial charge on any atom is 0.238 e. The third-order valence-corrected chi connectivity index (χ3v) is 4.55. The van der Waals surface area contributed by atoms with Crippen molar-refractivity contribution in [2.75, 3.05) is 42.9 Å². The SMILES string of the molecule is Cc1cc(C)c(NC(=O)CN2CCN(c3cnccn3)CC2)c(C)c1. The van der Waals surface area contributed by atoms with E-state index in [9.17, 15) is 4.79 Å². The molecule has 0 spiro atoms. The van der Waals surface area contributed by atoms with Crippen molar-refractivity contribution in [3.8, 4) is 0 Å². The van der Waals surface area contributed by atoms with Crippen molar-refractivity contribution >= 4 is 17.4 Å². The van der Waals surface area contributed by atoms with Crippen LogP contribution in [0.5, 0.6) is 0 Å². The Morgan fingerprint density at radius 1 is 1.08 bits per heavy atom. The summed E-state index contributed by atoms with van der Waals surface area (Å²) in [5.41, 5.74) is 4.37. The Balaban J connectivity index is 1.53. The van der Waals surface area contributed by atoms with Crippen molar-refractivity contribution in [1.82, 2.24) is 14.9 Å². The van der Waals surface area contributed by atoms with Crippen LogP contribution in [0, 0.1) is 20.8 Å². The number of nitrogens with one attached hydrogen (secondary N) is 1. The molecule has 1 amide bonds. The van der Waals surface area contributed by atoms with Crippen molar-refractivity contribution in [2.45, 2.75) is 20.8 Å². The first-order valence-electron chi connectivity index (χ1n) is 8.64. The van der Waals surface area contributed by atoms with Crippen molar-refractivity contribution < 1.29 is 4.79 Å². The van der Waals surface area contributed by atoms with Gasteiger partial charge in [0, 0.05) is 44.3 Å². The van der Waals surface area contributed by atoms with E-state index in [0.29, 0.717) is 6.54 Å². The molecule has 1 saturated heterocycles. The summed E-state index contributed by atoms with van der Waals surface area (Å²) in [4.78, 5) is 25.3. The van der Waals surface area contributed by atoms with Gasteiger partial charge in [-0.1, -0.05) is 17.7 Å². The average Bonchev–Trinajstić information content (AvgIpc) is 2.59. The summed E-state index contributed by atoms with van der Waals surface area (Å²) >= 11 is 0. The third-order valence-electron chi connectivity index (χ3n) is 4.55. The fourth-order valence-electron chi connectivity index (χ4n) is 3.35. The number of hydrogen-bond acceptors (Lipinski definition) is 5. The molecular formula is C19H25N5O. The highest BCUT2D eigenvalue weighted by Crippen LogP contribution is 2.22. The number of nitrogens with zero attached hydrogens (tertiary/aromatic N) is 4. The molecule has 0 bridgehead atoms. The zero-order chi connectivity index (χ0) is 17.8. The van der Waals surface area contributed by atoms with E-state index in [4.69, 9.17) is 0 Å². The molecule has 0 aliphatic carbocycles. The third kappa shape index (κ3) is 4.33. The highest BCUT2D eigenvalue weighted by atomic mass is 16.2. The Labute approximate surface area is 148 Å². The zero-order valence-corrected chi connectivity index (χ0v) is 15.1. The van der Waals surface area contributed by atoms with E-state index >= 15 is 0 Å². The maximum absolute atomic E-state index is 12.4. The standard InChI is InChI=1S/C19H25N5O/c1-14-10-15(2)19(16(3)11-14)22-18(25)13-23-6-8-24(9-7-23)17-12-20-4-5-21-17/h4-5,10-12H,6-9,13H2,1-3H3,(H,22,25). The molecule has 1 aromatic heterocycles. The lowest BCUT2D eigenvalue weighted by atomic mass is 10.1. The molecule has 1 fully saturated rings. The van der Waals surface area contributed by atoms with Gasteiger partial charge >= 0.3 is 0 Å². The lowest BCUT2D eigenvalue weighted by molar-refractivity contribution is -0.117. The van der Waals surface area contributed by atoms with E-state index in [1.807, 2.05) is 13.8 Å². The monoisotopic (exact) mass is 339 g/mol. The first kappa shape index (κ1) is 17.4. The molecule has 1 aromatic carbocycles. The van der Waals surface area contributed by atoms with Gasteiger partial charge in [-0.15, -0.1) is 0 Å². The van der Waals surface area contributed by atoms with Crippen LogP contribution in [0.15, 0.2) is 30.7 Å². The molecule has 0 saturated carbocycles. The van der Waals surface area contributed by atoms with Crippen LogP contribution in [-0.2, 0) is 4.79 Å². The molecule has 2 heterocycles. The first-order valence-corrected chi connectivity index (χ1v) is 8.64. The van der Waals surface area contributed by atoms with E-state index in [0.717, 1.165) is 48.8 Å². The van der Waals surface area contributed by atoms with Gasteiger partial charge in [0.2, 0.25) is 5.91 Å². The predicted octanol–water partition coefficient (Wildman–Crippen LogP) is 2.16. The molecule has 6 nitrogen and oxygen atoms in total. The number of anilines is 2. The van der Waals surface area contributed by atoms with Gasteiger partial charge in [-0.05, 0) is 31.9 Å². The van der Waals surface area contributed by atoms with Crippen LogP contribution in [0.3, 0.4) is 0 Å². The average molecular weight is 339 g/mol. The number of piperazine rings is 1. The molecule has 1 aliphatic heterocycles. The Bertz CT molecular complexity index is 716. The number of hydrogen-bond donors (Lipinski definition) is 1. The van der Waals surface area contributed by atoms with Crippen LogP contribution in [-0.4, -0.2) is 53.5 Å². The van der Waals surface area contributed by atoms with E-state index in [1.165, 1.54) is 5.56 Å². The number of benzene rings is 1. The summed E-state index contributed by atoms with van der Waals surface area (Å²) in [6.45, 7) is 9.96. The molecule has 1 N–H and O–H groups in total. The minimum absolute atomic E-state index is 0.0444. The topological polar surface area (TPSA) is 61.4 Å². The molecule has 0 atom stereocenters. The van der Waals surface area contributed by atoms with Crippen molar-refractivity contribution in [3.05, 3.63) is 47.4 Å². The largest absolute Gasteiger partial charge is 0.353 e. The van der Waals surface area contributed by atoms with Gasteiger partial charge in [0.25, 0.3) is 0 Å². The molecule has 25 heavy (non-hydrogen) atoms. The first-order chi connectivity index (χ1) is 12.0. The van der Waals surface area contributed by atoms with Gasteiger partial charge in [-0.3, -0.25) is 14.7 Å². The zero-order valence-electron chi connectivity index (χ0n) is 15.1. The van der Waals surface area contributed by atoms with Crippen molar-refractivity contribution in [3.63, 3.8) is 0 Å². The second-order valence-electron chi connectivity index (χ2n) is 6.65. The fraction of sp³-hybridized carbons (Fsp3) is 0.421. The molecule has 2 aromatic rings. The van der Waals surface area contributed by atoms with Crippen LogP contribution >= 0.6 is 0 Å². The van der Waals surface area contributed by atoms with Gasteiger partial charge in [0.1, 0.15) is 5.82 Å². The van der Waals surface area contributed by atoms with E-state index in [-0.39, 0.29) is 5.91 Å². The minimum atomic E-state index is 0.0444. The van der Waals surface area contributed by atoms with Gasteiger partial charge in [-0.2, -0.15) is 0 Å². The second kappa shape index (κ2) is 7.61. The van der Waals surface area contributed by atoms with Gasteiger partial charge in [-0.25, -0.2) is 4.98 Å². The Hall–Kier alpha value is -2.47. The predicted molar refractivity (Wildman–Crippen MR) is 100.0 cm³/mol. The Morgan fingerprint density at radius 2 is 1.76 bits per heavy atom. The van der Waals surface area contributed by atoms with E-state index in [1.54, 1.807) is 18.6 Å². The number of aromatic nitrogens is 2. The van der Waals surface area contributed by atoms with Crippen LogP contribution in [0.1, 0.15) is 16.7 Å².